The molecule has 0 saturated heterocycles. The molecule has 13 nitrogen and oxygen atoms in total. The molecule has 13 heteroatoms. The maximum absolute atomic E-state index is 11.8. The number of ether oxygens (including phenoxy) is 1. The normalized spacial score (nSPS) is 15.1. The largest absolute Gasteiger partial charge is 0.480 e. The standard InChI is InChI=1S/C14H24N4O9/c1-6(15)11(20)18-8(13(23)24)2-3-10(19)17-9(14(25)26)5-27-4-7(16)12(21)22/h6-9H,2-5,15-16H2,1H3,(H,17,19)(H,18,20)(H,21,22)(H,23,24)(H,25,26)/t6-,7+,8+,9-/m0/s1. The van der Waals surface area contributed by atoms with Crippen LogP contribution in [0.25, 0.3) is 0 Å². The van der Waals surface area contributed by atoms with Gasteiger partial charge in [0.1, 0.15) is 12.1 Å². The summed E-state index contributed by atoms with van der Waals surface area (Å²) in [7, 11) is 0. The first-order chi connectivity index (χ1) is 12.5. The maximum atomic E-state index is 11.8. The van der Waals surface area contributed by atoms with E-state index >= 15 is 0 Å². The SMILES string of the molecule is C[C@H](N)C(=O)N[C@H](CCC(=O)N[C@@H](COC[C@@H](N)C(=O)O)C(=O)O)C(=O)O. The Labute approximate surface area is 154 Å². The number of amides is 2. The van der Waals surface area contributed by atoms with Crippen molar-refractivity contribution in [2.24, 2.45) is 11.5 Å². The van der Waals surface area contributed by atoms with Crippen LogP contribution in [0.1, 0.15) is 19.8 Å². The smallest absolute Gasteiger partial charge is 0.328 e. The number of rotatable bonds is 13. The Bertz CT molecular complexity index is 567. The van der Waals surface area contributed by atoms with E-state index in [4.69, 9.17) is 31.5 Å². The van der Waals surface area contributed by atoms with E-state index in [1.54, 1.807) is 0 Å². The Morgan fingerprint density at radius 2 is 1.44 bits per heavy atom. The van der Waals surface area contributed by atoms with Crippen LogP contribution < -0.4 is 22.1 Å². The lowest BCUT2D eigenvalue weighted by Crippen LogP contribution is -2.48. The molecule has 0 radical (unpaired) electrons. The molecule has 0 aliphatic rings. The van der Waals surface area contributed by atoms with Crippen molar-refractivity contribution in [2.45, 2.75) is 43.9 Å². The molecule has 0 heterocycles. The third-order valence-electron chi connectivity index (χ3n) is 3.22. The van der Waals surface area contributed by atoms with Crippen molar-refractivity contribution in [3.63, 3.8) is 0 Å². The van der Waals surface area contributed by atoms with Crippen molar-refractivity contribution in [3.8, 4) is 0 Å². The summed E-state index contributed by atoms with van der Waals surface area (Å²) >= 11 is 0. The number of carbonyl (C=O) groups excluding carboxylic acids is 2. The van der Waals surface area contributed by atoms with E-state index in [9.17, 15) is 24.0 Å². The summed E-state index contributed by atoms with van der Waals surface area (Å²) < 4.78 is 4.86. The number of carboxylic acids is 3. The second kappa shape index (κ2) is 11.8. The molecule has 0 unspecified atom stereocenters. The van der Waals surface area contributed by atoms with Gasteiger partial charge in [-0.3, -0.25) is 14.4 Å². The highest BCUT2D eigenvalue weighted by molar-refractivity contribution is 5.87. The lowest BCUT2D eigenvalue weighted by atomic mass is 10.1. The van der Waals surface area contributed by atoms with Gasteiger partial charge in [-0.2, -0.15) is 0 Å². The fourth-order valence-electron chi connectivity index (χ4n) is 1.66. The van der Waals surface area contributed by atoms with E-state index in [-0.39, 0.29) is 6.42 Å². The average molecular weight is 392 g/mol. The van der Waals surface area contributed by atoms with E-state index in [0.717, 1.165) is 0 Å². The van der Waals surface area contributed by atoms with Crippen molar-refractivity contribution in [1.82, 2.24) is 10.6 Å². The number of aliphatic carboxylic acids is 3. The van der Waals surface area contributed by atoms with E-state index in [2.05, 4.69) is 10.6 Å². The van der Waals surface area contributed by atoms with Crippen LogP contribution in [-0.4, -0.2) is 82.4 Å². The lowest BCUT2D eigenvalue weighted by molar-refractivity contribution is -0.145. The molecule has 154 valence electrons. The maximum Gasteiger partial charge on any atom is 0.328 e. The molecule has 0 aromatic rings. The summed E-state index contributed by atoms with van der Waals surface area (Å²) in [5.74, 6) is -5.66. The van der Waals surface area contributed by atoms with Crippen molar-refractivity contribution < 1.29 is 44.0 Å². The topological polar surface area (TPSA) is 231 Å². The fraction of sp³-hybridized carbons (Fsp3) is 0.643. The van der Waals surface area contributed by atoms with Crippen molar-refractivity contribution >= 4 is 29.7 Å². The molecule has 4 atom stereocenters. The summed E-state index contributed by atoms with van der Waals surface area (Å²) in [6.07, 6.45) is -0.689. The predicted molar refractivity (Wildman–Crippen MR) is 88.4 cm³/mol. The monoisotopic (exact) mass is 392 g/mol. The molecule has 0 spiro atoms. The number of hydrogen-bond acceptors (Lipinski definition) is 8. The second-order valence-electron chi connectivity index (χ2n) is 5.67. The van der Waals surface area contributed by atoms with Crippen molar-refractivity contribution in [2.75, 3.05) is 13.2 Å². The van der Waals surface area contributed by atoms with E-state index in [0.29, 0.717) is 0 Å². The van der Waals surface area contributed by atoms with E-state index in [1.165, 1.54) is 6.92 Å². The third-order valence-corrected chi connectivity index (χ3v) is 3.22. The summed E-state index contributed by atoms with van der Waals surface area (Å²) in [6.45, 7) is 0.361. The lowest BCUT2D eigenvalue weighted by Gasteiger charge is -2.18. The fourth-order valence-corrected chi connectivity index (χ4v) is 1.66. The Morgan fingerprint density at radius 3 is 1.89 bits per heavy atom. The third kappa shape index (κ3) is 10.1. The van der Waals surface area contributed by atoms with Crippen LogP contribution in [0, 0.1) is 0 Å². The number of hydrogen-bond donors (Lipinski definition) is 7. The molecule has 2 amide bonds. The Morgan fingerprint density at radius 1 is 0.889 bits per heavy atom. The molecule has 0 aliphatic heterocycles. The predicted octanol–water partition coefficient (Wildman–Crippen LogP) is -3.32. The zero-order valence-electron chi connectivity index (χ0n) is 14.6. The van der Waals surface area contributed by atoms with Gasteiger partial charge in [0.2, 0.25) is 11.8 Å². The van der Waals surface area contributed by atoms with Gasteiger partial charge in [0.15, 0.2) is 6.04 Å². The highest BCUT2D eigenvalue weighted by Crippen LogP contribution is 2.00. The minimum Gasteiger partial charge on any atom is -0.480 e. The average Bonchev–Trinajstić information content (AvgIpc) is 2.56. The van der Waals surface area contributed by atoms with Crippen LogP contribution >= 0.6 is 0 Å². The minimum atomic E-state index is -1.49. The summed E-state index contributed by atoms with van der Waals surface area (Å²) in [4.78, 5) is 56.0. The van der Waals surface area contributed by atoms with Gasteiger partial charge in [-0.25, -0.2) is 9.59 Å². The van der Waals surface area contributed by atoms with Gasteiger partial charge in [0, 0.05) is 6.42 Å². The molecule has 9 N–H and O–H groups in total. The molecular formula is C14H24N4O9. The molecule has 0 bridgehead atoms. The Kier molecular flexibility index (Phi) is 10.6. The number of carbonyl (C=O) groups is 5. The van der Waals surface area contributed by atoms with Crippen molar-refractivity contribution in [3.05, 3.63) is 0 Å². The van der Waals surface area contributed by atoms with Crippen LogP contribution in [0.4, 0.5) is 0 Å². The molecular weight excluding hydrogens is 368 g/mol. The number of nitrogens with one attached hydrogen (secondary N) is 2. The number of nitrogens with two attached hydrogens (primary N) is 2. The first-order valence-electron chi connectivity index (χ1n) is 7.82. The van der Waals surface area contributed by atoms with Gasteiger partial charge in [-0.1, -0.05) is 0 Å². The quantitative estimate of drug-likeness (QED) is 0.164. The van der Waals surface area contributed by atoms with Gasteiger partial charge in [-0.15, -0.1) is 0 Å². The van der Waals surface area contributed by atoms with Gasteiger partial charge in [-0.05, 0) is 13.3 Å². The zero-order chi connectivity index (χ0) is 21.1. The summed E-state index contributed by atoms with van der Waals surface area (Å²) in [6, 6.07) is -5.14. The first kappa shape index (κ1) is 24.2. The molecule has 0 fully saturated rings. The van der Waals surface area contributed by atoms with Crippen LogP contribution in [0.5, 0.6) is 0 Å². The van der Waals surface area contributed by atoms with Gasteiger partial charge >= 0.3 is 17.9 Å². The summed E-state index contributed by atoms with van der Waals surface area (Å²) in [5.41, 5.74) is 10.5. The van der Waals surface area contributed by atoms with Gasteiger partial charge < -0.3 is 42.2 Å². The molecule has 0 aliphatic carbocycles. The van der Waals surface area contributed by atoms with Gasteiger partial charge in [0.05, 0.1) is 19.3 Å². The Hall–Kier alpha value is -2.77. The molecule has 0 aromatic heterocycles. The second-order valence-corrected chi connectivity index (χ2v) is 5.67. The molecule has 0 rings (SSSR count). The van der Waals surface area contributed by atoms with Crippen LogP contribution in [-0.2, 0) is 28.7 Å². The van der Waals surface area contributed by atoms with Crippen LogP contribution in [0.2, 0.25) is 0 Å². The molecule has 0 saturated carbocycles. The summed E-state index contributed by atoms with van der Waals surface area (Å²) in [5, 5.41) is 30.9. The molecule has 0 aromatic carbocycles. The van der Waals surface area contributed by atoms with E-state index in [1.807, 2.05) is 0 Å². The number of carboxylic acid groups (broad SMARTS) is 3. The van der Waals surface area contributed by atoms with Gasteiger partial charge in [0.25, 0.3) is 0 Å². The minimum absolute atomic E-state index is 0.295. The highest BCUT2D eigenvalue weighted by Gasteiger charge is 2.25. The first-order valence-corrected chi connectivity index (χ1v) is 7.82. The van der Waals surface area contributed by atoms with Crippen LogP contribution in [0.3, 0.4) is 0 Å². The van der Waals surface area contributed by atoms with Crippen LogP contribution in [0.15, 0.2) is 0 Å². The Balaban J connectivity index is 4.54. The zero-order valence-corrected chi connectivity index (χ0v) is 14.6. The van der Waals surface area contributed by atoms with E-state index < -0.39 is 73.5 Å². The van der Waals surface area contributed by atoms with Crippen molar-refractivity contribution in [1.29, 1.82) is 0 Å². The highest BCUT2D eigenvalue weighted by atomic mass is 16.5. The molecule has 27 heavy (non-hydrogen) atoms.